The van der Waals surface area contributed by atoms with Gasteiger partial charge in [0.05, 0.1) is 34.4 Å². The molecule has 7 rings (SSSR count). The summed E-state index contributed by atoms with van der Waals surface area (Å²) in [5.74, 6) is 0.769. The van der Waals surface area contributed by atoms with E-state index in [1.807, 2.05) is 56.3 Å². The number of nitrogens with zero attached hydrogens (tertiary/aromatic N) is 1. The summed E-state index contributed by atoms with van der Waals surface area (Å²) in [5, 5.41) is 12.7. The van der Waals surface area contributed by atoms with Crippen LogP contribution in [0.5, 0.6) is 0 Å². The van der Waals surface area contributed by atoms with E-state index >= 15 is 0 Å². The number of allylic oxidation sites excluding steroid dienone is 2. The van der Waals surface area contributed by atoms with Crippen molar-refractivity contribution < 1.29 is 18.3 Å². The smallest absolute Gasteiger partial charge is 0.268 e. The average molecular weight is 572 g/mol. The molecule has 41 heavy (non-hydrogen) atoms. The summed E-state index contributed by atoms with van der Waals surface area (Å²) in [4.78, 5) is 0.281. The second-order valence-electron chi connectivity index (χ2n) is 13.4. The first kappa shape index (κ1) is 27.2. The molecule has 0 radical (unpaired) electrons. The Labute approximate surface area is 244 Å². The molecule has 2 heterocycles. The Morgan fingerprint density at radius 1 is 1.07 bits per heavy atom. The van der Waals surface area contributed by atoms with Crippen molar-refractivity contribution >= 4 is 32.6 Å². The first-order valence-electron chi connectivity index (χ1n) is 15.2. The molecular weight excluding hydrogens is 530 g/mol. The molecule has 0 amide bonds. The van der Waals surface area contributed by atoms with Gasteiger partial charge in [-0.1, -0.05) is 68.8 Å². The van der Waals surface area contributed by atoms with E-state index in [9.17, 15) is 13.5 Å². The summed E-state index contributed by atoms with van der Waals surface area (Å²) >= 11 is 0. The van der Waals surface area contributed by atoms with E-state index in [4.69, 9.17) is 4.74 Å². The van der Waals surface area contributed by atoms with Crippen LogP contribution in [0.2, 0.25) is 0 Å². The van der Waals surface area contributed by atoms with Crippen molar-refractivity contribution in [2.75, 3.05) is 0 Å². The molecule has 3 aromatic rings. The van der Waals surface area contributed by atoms with Gasteiger partial charge < -0.3 is 9.84 Å². The summed E-state index contributed by atoms with van der Waals surface area (Å²) in [5.41, 5.74) is 4.14. The van der Waals surface area contributed by atoms with E-state index in [0.29, 0.717) is 17.1 Å². The number of fused-ring (bicyclic) bond motifs is 2. The zero-order valence-corrected chi connectivity index (χ0v) is 25.5. The molecule has 3 fully saturated rings. The number of aliphatic hydroxyl groups is 1. The van der Waals surface area contributed by atoms with Crippen LogP contribution >= 0.6 is 0 Å². The fourth-order valence-corrected chi connectivity index (χ4v) is 11.1. The molecule has 1 N–H and O–H groups in total. The lowest BCUT2D eigenvalue weighted by atomic mass is 9.38. The van der Waals surface area contributed by atoms with E-state index < -0.39 is 10.0 Å². The van der Waals surface area contributed by atoms with Gasteiger partial charge in [-0.25, -0.2) is 12.4 Å². The van der Waals surface area contributed by atoms with Crippen LogP contribution in [-0.4, -0.2) is 35.8 Å². The van der Waals surface area contributed by atoms with Crippen molar-refractivity contribution in [2.45, 2.75) is 83.5 Å². The number of ether oxygens (including phenoxy) is 1. The molecule has 1 aliphatic heterocycles. The minimum atomic E-state index is -3.89. The maximum atomic E-state index is 14.4. The van der Waals surface area contributed by atoms with E-state index in [-0.39, 0.29) is 45.9 Å². The number of benzene rings is 2. The molecule has 2 bridgehead atoms. The third kappa shape index (κ3) is 3.44. The van der Waals surface area contributed by atoms with Crippen molar-refractivity contribution in [1.29, 1.82) is 0 Å². The highest BCUT2D eigenvalue weighted by atomic mass is 32.2. The van der Waals surface area contributed by atoms with E-state index in [1.54, 1.807) is 16.1 Å². The molecule has 1 spiro atoms. The Morgan fingerprint density at radius 3 is 2.54 bits per heavy atom. The first-order valence-corrected chi connectivity index (χ1v) is 16.6. The van der Waals surface area contributed by atoms with Gasteiger partial charge in [-0.3, -0.25) is 0 Å². The SMILES string of the molecule is C/C=C/c1c(C2=CC3C[C@@]45[C@H](CC[C@@H](C)[C@]4(C)[C@H](O)C[C@@H](C)[C@@H]25)O3)c2ccccc2n1S(=O)(=O)c1ccc(C)cc1. The minimum Gasteiger partial charge on any atom is -0.393 e. The molecule has 8 atom stereocenters. The summed E-state index contributed by atoms with van der Waals surface area (Å²) in [6.07, 6.45) is 9.61. The standard InChI is InChI=1S/C35H41NO4S/c1-6-9-29-32(26-10-7-8-11-28(26)36(29)41(38,39)25-15-12-21(2)13-16-25)27-19-24-20-35-31(40-24)17-14-23(4)34(35,5)30(37)18-22(3)33(27)35/h6-13,15-16,19,22-24,30-31,33,37H,14,17-18,20H2,1-5H3/b9-6+/t22-,23-,24?,30-,31+,33+,34-,35+/m1/s1. The van der Waals surface area contributed by atoms with Crippen molar-refractivity contribution in [3.8, 4) is 0 Å². The molecule has 1 saturated heterocycles. The fourth-order valence-electron chi connectivity index (χ4n) is 9.58. The summed E-state index contributed by atoms with van der Waals surface area (Å²) < 4.78 is 37.1. The molecule has 2 saturated carbocycles. The number of aryl methyl sites for hydroxylation is 1. The highest BCUT2D eigenvalue weighted by Crippen LogP contribution is 2.73. The van der Waals surface area contributed by atoms with Crippen LogP contribution in [0.3, 0.4) is 0 Å². The molecule has 216 valence electrons. The quantitative estimate of drug-likeness (QED) is 0.359. The van der Waals surface area contributed by atoms with Crippen molar-refractivity contribution in [3.05, 3.63) is 77.5 Å². The predicted octanol–water partition coefficient (Wildman–Crippen LogP) is 7.21. The Hall–Kier alpha value is -2.67. The summed E-state index contributed by atoms with van der Waals surface area (Å²) in [6, 6.07) is 15.0. The number of hydrogen-bond acceptors (Lipinski definition) is 4. The molecule has 4 aliphatic rings. The van der Waals surface area contributed by atoms with Crippen molar-refractivity contribution in [3.63, 3.8) is 0 Å². The monoisotopic (exact) mass is 571 g/mol. The molecule has 2 aromatic carbocycles. The Morgan fingerprint density at radius 2 is 1.80 bits per heavy atom. The topological polar surface area (TPSA) is 68.5 Å². The first-order chi connectivity index (χ1) is 19.6. The molecule has 1 aromatic heterocycles. The van der Waals surface area contributed by atoms with Gasteiger partial charge in [-0.2, -0.15) is 0 Å². The van der Waals surface area contributed by atoms with Gasteiger partial charge in [0, 0.05) is 21.8 Å². The molecule has 6 heteroatoms. The maximum absolute atomic E-state index is 14.4. The number of aromatic nitrogens is 1. The van der Waals surface area contributed by atoms with Gasteiger partial charge in [0.1, 0.15) is 0 Å². The second kappa shape index (κ2) is 9.16. The van der Waals surface area contributed by atoms with Crippen LogP contribution in [-0.2, 0) is 14.8 Å². The Bertz CT molecular complexity index is 1700. The molecule has 1 unspecified atom stereocenters. The average Bonchev–Trinajstić information content (AvgIpc) is 3.43. The third-order valence-corrected chi connectivity index (χ3v) is 13.2. The number of hydrogen-bond donors (Lipinski definition) is 1. The lowest BCUT2D eigenvalue weighted by Gasteiger charge is -2.66. The zero-order valence-electron chi connectivity index (χ0n) is 24.7. The van der Waals surface area contributed by atoms with Crippen LogP contribution in [0.15, 0.2) is 65.6 Å². The molecular formula is C35H41NO4S. The van der Waals surface area contributed by atoms with Crippen LogP contribution in [0.25, 0.3) is 22.6 Å². The minimum absolute atomic E-state index is 0.0392. The van der Waals surface area contributed by atoms with E-state index in [1.165, 1.54) is 5.57 Å². The van der Waals surface area contributed by atoms with Crippen molar-refractivity contribution in [1.82, 2.24) is 3.97 Å². The predicted molar refractivity (Wildman–Crippen MR) is 164 cm³/mol. The van der Waals surface area contributed by atoms with Gasteiger partial charge >= 0.3 is 0 Å². The lowest BCUT2D eigenvalue weighted by Crippen LogP contribution is -2.66. The van der Waals surface area contributed by atoms with Crippen LogP contribution in [0, 0.1) is 35.5 Å². The van der Waals surface area contributed by atoms with Gasteiger partial charge in [-0.15, -0.1) is 0 Å². The number of aliphatic hydroxyl groups excluding tert-OH is 1. The van der Waals surface area contributed by atoms with Gasteiger partial charge in [0.15, 0.2) is 0 Å². The second-order valence-corrected chi connectivity index (χ2v) is 15.1. The maximum Gasteiger partial charge on any atom is 0.268 e. The summed E-state index contributed by atoms with van der Waals surface area (Å²) in [7, 11) is -3.89. The molecule has 3 aliphatic carbocycles. The Balaban J connectivity index is 1.52. The van der Waals surface area contributed by atoms with Crippen LogP contribution in [0.1, 0.15) is 70.2 Å². The van der Waals surface area contributed by atoms with E-state index in [0.717, 1.165) is 42.2 Å². The highest BCUT2D eigenvalue weighted by Gasteiger charge is 2.72. The zero-order chi connectivity index (χ0) is 28.9. The highest BCUT2D eigenvalue weighted by molar-refractivity contribution is 7.90. The Kier molecular flexibility index (Phi) is 6.07. The van der Waals surface area contributed by atoms with Crippen LogP contribution < -0.4 is 0 Å². The van der Waals surface area contributed by atoms with Crippen LogP contribution in [0.4, 0.5) is 0 Å². The number of rotatable bonds is 4. The molecule has 5 nitrogen and oxygen atoms in total. The normalized spacial score (nSPS) is 36.5. The fraction of sp³-hybridized carbons (Fsp3) is 0.486. The third-order valence-electron chi connectivity index (χ3n) is 11.5. The van der Waals surface area contributed by atoms with Gasteiger partial charge in [-0.05, 0) is 87.1 Å². The van der Waals surface area contributed by atoms with Crippen molar-refractivity contribution in [2.24, 2.45) is 28.6 Å². The van der Waals surface area contributed by atoms with E-state index in [2.05, 4.69) is 32.9 Å². The number of para-hydroxylation sites is 1. The van der Waals surface area contributed by atoms with Gasteiger partial charge in [0.25, 0.3) is 10.0 Å². The lowest BCUT2D eigenvalue weighted by molar-refractivity contribution is -0.212. The summed E-state index contributed by atoms with van der Waals surface area (Å²) in [6.45, 7) is 10.8. The largest absolute Gasteiger partial charge is 0.393 e. The van der Waals surface area contributed by atoms with Gasteiger partial charge in [0.2, 0.25) is 0 Å².